The Kier molecular flexibility index (Phi) is 4.40. The van der Waals surface area contributed by atoms with Gasteiger partial charge < -0.3 is 5.11 Å². The van der Waals surface area contributed by atoms with Gasteiger partial charge in [-0.3, -0.25) is 4.72 Å². The first-order valence-electron chi connectivity index (χ1n) is 5.36. The maximum Gasteiger partial charge on any atom is 0.265 e. The van der Waals surface area contributed by atoms with E-state index in [-0.39, 0.29) is 20.9 Å². The van der Waals surface area contributed by atoms with Crippen molar-refractivity contribution in [1.29, 1.82) is 0 Å². The van der Waals surface area contributed by atoms with Gasteiger partial charge in [0.05, 0.1) is 10.7 Å². The molecule has 2 N–H and O–H groups in total. The van der Waals surface area contributed by atoms with Gasteiger partial charge in [-0.15, -0.1) is 0 Å². The smallest absolute Gasteiger partial charge is 0.265 e. The van der Waals surface area contributed by atoms with E-state index in [1.807, 2.05) is 0 Å². The Hall–Kier alpha value is -1.38. The molecule has 0 saturated heterocycles. The van der Waals surface area contributed by atoms with Gasteiger partial charge in [-0.1, -0.05) is 11.6 Å². The normalized spacial score (nSPS) is 11.4. The molecule has 0 bridgehead atoms. The molecule has 0 amide bonds. The Morgan fingerprint density at radius 1 is 1.19 bits per heavy atom. The van der Waals surface area contributed by atoms with Crippen LogP contribution in [0.1, 0.15) is 0 Å². The molecule has 0 unspecified atom stereocenters. The Morgan fingerprint density at radius 3 is 2.43 bits per heavy atom. The van der Waals surface area contributed by atoms with Gasteiger partial charge in [0, 0.05) is 10.5 Å². The van der Waals surface area contributed by atoms with Crippen LogP contribution in [0.2, 0.25) is 5.02 Å². The Bertz CT molecular complexity index is 791. The predicted molar refractivity (Wildman–Crippen MR) is 78.0 cm³/mol. The highest BCUT2D eigenvalue weighted by molar-refractivity contribution is 9.10. The summed E-state index contributed by atoms with van der Waals surface area (Å²) in [6.07, 6.45) is 0. The van der Waals surface area contributed by atoms with E-state index in [4.69, 9.17) is 11.6 Å². The van der Waals surface area contributed by atoms with Crippen LogP contribution in [0.3, 0.4) is 0 Å². The summed E-state index contributed by atoms with van der Waals surface area (Å²) in [5.74, 6) is -2.38. The molecule has 21 heavy (non-hydrogen) atoms. The number of benzene rings is 2. The molecule has 0 spiro atoms. The van der Waals surface area contributed by atoms with Crippen LogP contribution < -0.4 is 4.72 Å². The summed E-state index contributed by atoms with van der Waals surface area (Å²) in [6.45, 7) is 0. The molecule has 2 aromatic carbocycles. The lowest BCUT2D eigenvalue weighted by Crippen LogP contribution is -2.15. The van der Waals surface area contributed by atoms with E-state index < -0.39 is 26.6 Å². The van der Waals surface area contributed by atoms with Crippen LogP contribution in [0.5, 0.6) is 5.75 Å². The van der Waals surface area contributed by atoms with Gasteiger partial charge in [0.25, 0.3) is 10.0 Å². The number of rotatable bonds is 3. The molecule has 0 aliphatic carbocycles. The third kappa shape index (κ3) is 3.45. The van der Waals surface area contributed by atoms with Crippen molar-refractivity contribution in [2.45, 2.75) is 4.90 Å². The molecule has 0 fully saturated rings. The van der Waals surface area contributed by atoms with Crippen LogP contribution in [-0.4, -0.2) is 13.5 Å². The first kappa shape index (κ1) is 16.0. The minimum Gasteiger partial charge on any atom is -0.506 e. The average molecular weight is 399 g/mol. The van der Waals surface area contributed by atoms with Crippen LogP contribution in [0.15, 0.2) is 39.7 Å². The number of hydrogen-bond acceptors (Lipinski definition) is 3. The molecule has 0 radical (unpaired) electrons. The fraction of sp³-hybridized carbons (Fsp3) is 0. The molecule has 112 valence electrons. The topological polar surface area (TPSA) is 66.4 Å². The number of aromatic hydroxyl groups is 1. The number of hydrogen-bond donors (Lipinski definition) is 2. The van der Waals surface area contributed by atoms with Crippen LogP contribution in [0.25, 0.3) is 0 Å². The molecule has 9 heteroatoms. The molecule has 0 saturated carbocycles. The van der Waals surface area contributed by atoms with Gasteiger partial charge in [0.1, 0.15) is 22.3 Å². The van der Waals surface area contributed by atoms with Crippen LogP contribution in [0.4, 0.5) is 14.5 Å². The largest absolute Gasteiger partial charge is 0.506 e. The lowest BCUT2D eigenvalue weighted by atomic mass is 10.3. The van der Waals surface area contributed by atoms with Gasteiger partial charge in [-0.05, 0) is 40.2 Å². The summed E-state index contributed by atoms with van der Waals surface area (Å²) in [6, 6.07) is 4.87. The Labute approximate surface area is 132 Å². The summed E-state index contributed by atoms with van der Waals surface area (Å²) in [5.41, 5.74) is 0.0217. The van der Waals surface area contributed by atoms with E-state index in [2.05, 4.69) is 20.7 Å². The average Bonchev–Trinajstić information content (AvgIpc) is 2.31. The van der Waals surface area contributed by atoms with E-state index in [1.54, 1.807) is 0 Å². The fourth-order valence-electron chi connectivity index (χ4n) is 1.56. The number of phenols is 1. The number of sulfonamides is 1. The first-order chi connectivity index (χ1) is 9.70. The zero-order chi connectivity index (χ0) is 15.8. The minimum atomic E-state index is -4.30. The highest BCUT2D eigenvalue weighted by Gasteiger charge is 2.24. The Morgan fingerprint density at radius 2 is 1.86 bits per heavy atom. The summed E-state index contributed by atoms with van der Waals surface area (Å²) >= 11 is 8.46. The molecular weight excluding hydrogens is 392 g/mol. The van der Waals surface area contributed by atoms with Crippen molar-refractivity contribution in [1.82, 2.24) is 0 Å². The van der Waals surface area contributed by atoms with Crippen molar-refractivity contribution in [3.8, 4) is 5.75 Å². The van der Waals surface area contributed by atoms with Gasteiger partial charge >= 0.3 is 0 Å². The lowest BCUT2D eigenvalue weighted by Gasteiger charge is -2.11. The zero-order valence-corrected chi connectivity index (χ0v) is 13.2. The summed E-state index contributed by atoms with van der Waals surface area (Å²) in [5, 5.41) is 9.18. The van der Waals surface area contributed by atoms with E-state index >= 15 is 0 Å². The van der Waals surface area contributed by atoms with Crippen molar-refractivity contribution >= 4 is 43.2 Å². The molecule has 0 aliphatic rings. The predicted octanol–water partition coefficient (Wildman–Crippen LogP) is 3.89. The summed E-state index contributed by atoms with van der Waals surface area (Å²) < 4.78 is 52.8. The molecule has 0 atom stereocenters. The van der Waals surface area contributed by atoms with Crippen molar-refractivity contribution in [3.05, 3.63) is 51.5 Å². The van der Waals surface area contributed by atoms with Gasteiger partial charge in [0.2, 0.25) is 0 Å². The SMILES string of the molecule is O=S(=O)(Nc1ccc(O)c(Cl)c1)c1c(F)cc(F)cc1Br. The van der Waals surface area contributed by atoms with Gasteiger partial charge in [-0.2, -0.15) is 0 Å². The molecule has 2 rings (SSSR count). The van der Waals surface area contributed by atoms with Gasteiger partial charge in [0.15, 0.2) is 0 Å². The zero-order valence-electron chi connectivity index (χ0n) is 10.1. The van der Waals surface area contributed by atoms with Crippen molar-refractivity contribution in [2.75, 3.05) is 4.72 Å². The van der Waals surface area contributed by atoms with E-state index in [1.165, 1.54) is 12.1 Å². The van der Waals surface area contributed by atoms with Crippen LogP contribution in [0, 0.1) is 11.6 Å². The first-order valence-corrected chi connectivity index (χ1v) is 8.02. The number of halogens is 4. The summed E-state index contributed by atoms with van der Waals surface area (Å²) in [4.78, 5) is -0.729. The molecule has 0 aromatic heterocycles. The van der Waals surface area contributed by atoms with E-state index in [0.717, 1.165) is 12.1 Å². The maximum atomic E-state index is 13.7. The third-order valence-corrected chi connectivity index (χ3v) is 5.08. The molecule has 0 aliphatic heterocycles. The van der Waals surface area contributed by atoms with Crippen molar-refractivity contribution < 1.29 is 22.3 Å². The Balaban J connectivity index is 2.46. The number of phenolic OH excluding ortho intramolecular Hbond substituents is 1. The standard InChI is InChI=1S/C12H7BrClF2NO3S/c13-8-3-6(15)4-10(16)12(8)21(19,20)17-7-1-2-11(18)9(14)5-7/h1-5,17-18H. The second-order valence-electron chi connectivity index (χ2n) is 3.97. The molecule has 4 nitrogen and oxygen atoms in total. The number of anilines is 1. The van der Waals surface area contributed by atoms with Gasteiger partial charge in [-0.25, -0.2) is 17.2 Å². The minimum absolute atomic E-state index is 0.0217. The van der Waals surface area contributed by atoms with E-state index in [9.17, 15) is 22.3 Å². The monoisotopic (exact) mass is 397 g/mol. The fourth-order valence-corrected chi connectivity index (χ4v) is 3.96. The second-order valence-corrected chi connectivity index (χ2v) is 6.85. The lowest BCUT2D eigenvalue weighted by molar-refractivity contribution is 0.475. The maximum absolute atomic E-state index is 13.7. The highest BCUT2D eigenvalue weighted by atomic mass is 79.9. The number of nitrogens with one attached hydrogen (secondary N) is 1. The quantitative estimate of drug-likeness (QED) is 0.771. The highest BCUT2D eigenvalue weighted by Crippen LogP contribution is 2.30. The van der Waals surface area contributed by atoms with Crippen LogP contribution in [-0.2, 0) is 10.0 Å². The third-order valence-electron chi connectivity index (χ3n) is 2.43. The van der Waals surface area contributed by atoms with Crippen molar-refractivity contribution in [2.24, 2.45) is 0 Å². The van der Waals surface area contributed by atoms with Crippen LogP contribution >= 0.6 is 27.5 Å². The van der Waals surface area contributed by atoms with Crippen molar-refractivity contribution in [3.63, 3.8) is 0 Å². The molecule has 0 heterocycles. The summed E-state index contributed by atoms with van der Waals surface area (Å²) in [7, 11) is -4.30. The molecule has 2 aromatic rings. The van der Waals surface area contributed by atoms with E-state index in [0.29, 0.717) is 6.07 Å². The second kappa shape index (κ2) is 5.78. The molecular formula is C12H7BrClF2NO3S.